The summed E-state index contributed by atoms with van der Waals surface area (Å²) in [5, 5.41) is 4.09. The molecule has 4 N–H and O–H groups in total. The lowest BCUT2D eigenvalue weighted by molar-refractivity contribution is 0.208. The van der Waals surface area contributed by atoms with Gasteiger partial charge in [-0.3, -0.25) is 5.43 Å². The molecular formula is C10H13Cl3N4O. The second kappa shape index (κ2) is 7.66. The van der Waals surface area contributed by atoms with Crippen LogP contribution >= 0.6 is 34.8 Å². The average Bonchev–Trinajstić information content (AvgIpc) is 2.34. The molecule has 0 radical (unpaired) electrons. The van der Waals surface area contributed by atoms with Crippen molar-refractivity contribution in [3.8, 4) is 0 Å². The Morgan fingerprint density at radius 1 is 1.28 bits per heavy atom. The number of halogens is 3. The van der Waals surface area contributed by atoms with E-state index in [9.17, 15) is 0 Å². The Morgan fingerprint density at radius 2 is 1.94 bits per heavy atom. The molecule has 1 rings (SSSR count). The molecule has 18 heavy (non-hydrogen) atoms. The fraction of sp³-hybridized carbons (Fsp3) is 0.300. The minimum Gasteiger partial charge on any atom is -0.383 e. The number of guanidine groups is 1. The maximum absolute atomic E-state index is 6.01. The fourth-order valence-electron chi connectivity index (χ4n) is 1.12. The van der Waals surface area contributed by atoms with E-state index < -0.39 is 0 Å². The van der Waals surface area contributed by atoms with Crippen LogP contribution in [0, 0.1) is 0 Å². The van der Waals surface area contributed by atoms with Crippen LogP contribution in [-0.4, -0.2) is 26.2 Å². The number of methoxy groups -OCH3 is 1. The summed E-state index contributed by atoms with van der Waals surface area (Å²) in [7, 11) is 1.59. The molecule has 100 valence electrons. The van der Waals surface area contributed by atoms with E-state index in [-0.39, 0.29) is 0 Å². The van der Waals surface area contributed by atoms with Crippen molar-refractivity contribution >= 4 is 46.4 Å². The van der Waals surface area contributed by atoms with Crippen LogP contribution in [0.25, 0.3) is 0 Å². The number of rotatable bonds is 4. The molecule has 0 fully saturated rings. The second-order valence-corrected chi connectivity index (χ2v) is 4.46. The number of ether oxygens (including phenoxy) is 1. The number of benzene rings is 1. The van der Waals surface area contributed by atoms with Gasteiger partial charge >= 0.3 is 0 Å². The van der Waals surface area contributed by atoms with E-state index in [1.54, 1.807) is 13.2 Å². The molecule has 0 aliphatic heterocycles. The molecule has 0 aliphatic carbocycles. The number of nitrogens with zero attached hydrogens (tertiary/aromatic N) is 1. The second-order valence-electron chi connectivity index (χ2n) is 3.24. The number of hydrogen-bond acceptors (Lipinski definition) is 3. The summed E-state index contributed by atoms with van der Waals surface area (Å²) in [6.45, 7) is 0.948. The van der Waals surface area contributed by atoms with Gasteiger partial charge in [0.15, 0.2) is 0 Å². The molecule has 0 saturated carbocycles. The highest BCUT2D eigenvalue weighted by Gasteiger charge is 2.07. The Morgan fingerprint density at radius 3 is 2.56 bits per heavy atom. The summed E-state index contributed by atoms with van der Waals surface area (Å²) in [6, 6.07) is 3.13. The standard InChI is InChI=1S/C10H13Cl3N4O/c1-18-3-2-15-10(17-14)16-9-5-7(12)6(11)4-8(9)13/h4-5H,2-3,14H2,1H3,(H2,15,16,17). The maximum atomic E-state index is 6.01. The Hall–Kier alpha value is -0.720. The topological polar surface area (TPSA) is 71.7 Å². The summed E-state index contributed by atoms with van der Waals surface area (Å²) in [5.74, 6) is 5.69. The monoisotopic (exact) mass is 310 g/mol. The van der Waals surface area contributed by atoms with E-state index in [2.05, 4.69) is 15.7 Å². The summed E-state index contributed by atoms with van der Waals surface area (Å²) < 4.78 is 4.88. The van der Waals surface area contributed by atoms with Gasteiger partial charge in [0.1, 0.15) is 0 Å². The van der Waals surface area contributed by atoms with E-state index in [0.29, 0.717) is 39.9 Å². The molecular weight excluding hydrogens is 298 g/mol. The van der Waals surface area contributed by atoms with Crippen LogP contribution < -0.4 is 16.6 Å². The molecule has 1 aromatic rings. The first-order valence-corrected chi connectivity index (χ1v) is 6.13. The van der Waals surface area contributed by atoms with E-state index in [1.165, 1.54) is 6.07 Å². The number of hydrazine groups is 1. The average molecular weight is 312 g/mol. The van der Waals surface area contributed by atoms with Crippen molar-refractivity contribution in [1.82, 2.24) is 5.43 Å². The Bertz CT molecular complexity index is 439. The van der Waals surface area contributed by atoms with Gasteiger partial charge in [-0.15, -0.1) is 0 Å². The van der Waals surface area contributed by atoms with Crippen LogP contribution in [0.5, 0.6) is 0 Å². The molecule has 8 heteroatoms. The first kappa shape index (κ1) is 15.3. The van der Waals surface area contributed by atoms with Crippen molar-refractivity contribution in [2.45, 2.75) is 0 Å². The van der Waals surface area contributed by atoms with Crippen molar-refractivity contribution in [3.05, 3.63) is 27.2 Å². The minimum absolute atomic E-state index is 0.354. The van der Waals surface area contributed by atoms with Crippen LogP contribution in [0.2, 0.25) is 15.1 Å². The number of hydrogen-bond donors (Lipinski definition) is 3. The predicted octanol–water partition coefficient (Wildman–Crippen LogP) is 2.52. The Balaban J connectivity index is 2.81. The van der Waals surface area contributed by atoms with Crippen molar-refractivity contribution in [3.63, 3.8) is 0 Å². The van der Waals surface area contributed by atoms with E-state index >= 15 is 0 Å². The van der Waals surface area contributed by atoms with Crippen LogP contribution in [0.3, 0.4) is 0 Å². The quantitative estimate of drug-likeness (QED) is 0.199. The molecule has 0 amide bonds. The molecule has 0 bridgehead atoms. The van der Waals surface area contributed by atoms with Gasteiger partial charge in [0, 0.05) is 7.11 Å². The molecule has 0 unspecified atom stereocenters. The SMILES string of the molecule is COCCN=C(NN)Nc1cc(Cl)c(Cl)cc1Cl. The summed E-state index contributed by atoms with van der Waals surface area (Å²) in [6.07, 6.45) is 0. The lowest BCUT2D eigenvalue weighted by Gasteiger charge is -2.11. The normalized spacial score (nSPS) is 11.5. The molecule has 5 nitrogen and oxygen atoms in total. The van der Waals surface area contributed by atoms with Gasteiger partial charge < -0.3 is 10.1 Å². The number of nitrogens with two attached hydrogens (primary N) is 1. The summed E-state index contributed by atoms with van der Waals surface area (Å²) in [5.41, 5.74) is 2.98. The van der Waals surface area contributed by atoms with Crippen molar-refractivity contribution in [2.75, 3.05) is 25.6 Å². The molecule has 0 spiro atoms. The van der Waals surface area contributed by atoms with Crippen LogP contribution in [0.15, 0.2) is 17.1 Å². The molecule has 0 atom stereocenters. The van der Waals surface area contributed by atoms with Crippen molar-refractivity contribution < 1.29 is 4.74 Å². The van der Waals surface area contributed by atoms with Crippen LogP contribution in [-0.2, 0) is 4.74 Å². The third-order valence-electron chi connectivity index (χ3n) is 1.97. The first-order valence-electron chi connectivity index (χ1n) is 5.00. The number of anilines is 1. The van der Waals surface area contributed by atoms with Gasteiger partial charge in [-0.05, 0) is 12.1 Å². The highest BCUT2D eigenvalue weighted by molar-refractivity contribution is 6.44. The highest BCUT2D eigenvalue weighted by atomic mass is 35.5. The third kappa shape index (κ3) is 4.51. The molecule has 0 heterocycles. The van der Waals surface area contributed by atoms with Crippen molar-refractivity contribution in [1.29, 1.82) is 0 Å². The van der Waals surface area contributed by atoms with Gasteiger partial charge in [0.25, 0.3) is 0 Å². The van der Waals surface area contributed by atoms with Gasteiger partial charge in [-0.2, -0.15) is 0 Å². The maximum Gasteiger partial charge on any atom is 0.210 e. The van der Waals surface area contributed by atoms with Gasteiger partial charge in [0.05, 0.1) is 33.9 Å². The van der Waals surface area contributed by atoms with E-state index in [0.717, 1.165) is 0 Å². The zero-order valence-corrected chi connectivity index (χ0v) is 11.9. The van der Waals surface area contributed by atoms with E-state index in [1.807, 2.05) is 0 Å². The minimum atomic E-state index is 0.354. The number of aliphatic imine (C=N–C) groups is 1. The zero-order chi connectivity index (χ0) is 13.5. The van der Waals surface area contributed by atoms with Gasteiger partial charge in [0.2, 0.25) is 5.96 Å². The molecule has 0 saturated heterocycles. The smallest absolute Gasteiger partial charge is 0.210 e. The van der Waals surface area contributed by atoms with Gasteiger partial charge in [-0.25, -0.2) is 10.8 Å². The Kier molecular flexibility index (Phi) is 6.52. The molecule has 1 aromatic carbocycles. The summed E-state index contributed by atoms with van der Waals surface area (Å²) in [4.78, 5) is 4.13. The summed E-state index contributed by atoms with van der Waals surface area (Å²) >= 11 is 17.7. The van der Waals surface area contributed by atoms with Crippen LogP contribution in [0.1, 0.15) is 0 Å². The Labute approximate surface area is 120 Å². The lowest BCUT2D eigenvalue weighted by Crippen LogP contribution is -2.36. The largest absolute Gasteiger partial charge is 0.383 e. The fourth-order valence-corrected chi connectivity index (χ4v) is 1.71. The molecule has 0 aromatic heterocycles. The zero-order valence-electron chi connectivity index (χ0n) is 9.64. The number of nitrogens with one attached hydrogen (secondary N) is 2. The van der Waals surface area contributed by atoms with Crippen LogP contribution in [0.4, 0.5) is 5.69 Å². The lowest BCUT2D eigenvalue weighted by atomic mass is 10.3. The van der Waals surface area contributed by atoms with E-state index in [4.69, 9.17) is 45.4 Å². The first-order chi connectivity index (χ1) is 8.58. The predicted molar refractivity (Wildman–Crippen MR) is 76.6 cm³/mol. The van der Waals surface area contributed by atoms with Crippen molar-refractivity contribution in [2.24, 2.45) is 10.8 Å². The third-order valence-corrected chi connectivity index (χ3v) is 3.00. The highest BCUT2D eigenvalue weighted by Crippen LogP contribution is 2.32. The van der Waals surface area contributed by atoms with Gasteiger partial charge in [-0.1, -0.05) is 34.8 Å². The molecule has 0 aliphatic rings.